The molecule has 0 bridgehead atoms. The lowest BCUT2D eigenvalue weighted by Crippen LogP contribution is -2.28. The zero-order chi connectivity index (χ0) is 18.1. The standard InChI is InChI=1S/C21H19N3OS/c1-14-17-13-18(26-21(17)24(2)23-14)20(25)22-19(15-9-5-3-6-10-15)16-11-7-4-8-12-16/h3-13,19H,1-2H3,(H,22,25). The third-order valence-corrected chi connectivity index (χ3v) is 5.66. The van der Waals surface area contributed by atoms with Crippen LogP contribution in [-0.4, -0.2) is 15.7 Å². The first-order valence-electron chi connectivity index (χ1n) is 8.47. The highest BCUT2D eigenvalue weighted by Crippen LogP contribution is 2.29. The van der Waals surface area contributed by atoms with Gasteiger partial charge >= 0.3 is 0 Å². The number of hydrogen-bond acceptors (Lipinski definition) is 3. The molecule has 0 atom stereocenters. The van der Waals surface area contributed by atoms with Crippen LogP contribution in [0.15, 0.2) is 66.7 Å². The van der Waals surface area contributed by atoms with Gasteiger partial charge in [-0.15, -0.1) is 11.3 Å². The number of carbonyl (C=O) groups is 1. The van der Waals surface area contributed by atoms with Crippen LogP contribution in [0, 0.1) is 6.92 Å². The van der Waals surface area contributed by atoms with Crippen molar-refractivity contribution in [1.82, 2.24) is 15.1 Å². The molecule has 130 valence electrons. The zero-order valence-electron chi connectivity index (χ0n) is 14.6. The Morgan fingerprint density at radius 3 is 2.15 bits per heavy atom. The second-order valence-electron chi connectivity index (χ2n) is 6.27. The van der Waals surface area contributed by atoms with E-state index in [0.717, 1.165) is 27.0 Å². The molecule has 1 N–H and O–H groups in total. The number of rotatable bonds is 4. The Kier molecular flexibility index (Phi) is 4.31. The summed E-state index contributed by atoms with van der Waals surface area (Å²) in [5.74, 6) is -0.0664. The minimum absolute atomic E-state index is 0.0664. The maximum atomic E-state index is 13.0. The summed E-state index contributed by atoms with van der Waals surface area (Å²) in [5.41, 5.74) is 3.07. The minimum atomic E-state index is -0.186. The van der Waals surface area contributed by atoms with Gasteiger partial charge in [-0.05, 0) is 24.1 Å². The van der Waals surface area contributed by atoms with E-state index in [4.69, 9.17) is 0 Å². The van der Waals surface area contributed by atoms with Gasteiger partial charge in [0.15, 0.2) is 0 Å². The van der Waals surface area contributed by atoms with Crippen LogP contribution in [0.1, 0.15) is 32.5 Å². The van der Waals surface area contributed by atoms with Crippen molar-refractivity contribution in [3.8, 4) is 0 Å². The van der Waals surface area contributed by atoms with Gasteiger partial charge in [-0.1, -0.05) is 60.7 Å². The first-order valence-corrected chi connectivity index (χ1v) is 9.29. The molecule has 0 unspecified atom stereocenters. The third-order valence-electron chi connectivity index (χ3n) is 4.46. The molecule has 1 amide bonds. The number of thiophene rings is 1. The van der Waals surface area contributed by atoms with Gasteiger partial charge in [0.2, 0.25) is 0 Å². The van der Waals surface area contributed by atoms with Gasteiger partial charge in [0, 0.05) is 12.4 Å². The van der Waals surface area contributed by atoms with Crippen LogP contribution in [0.2, 0.25) is 0 Å². The molecule has 0 aliphatic carbocycles. The summed E-state index contributed by atoms with van der Waals surface area (Å²) < 4.78 is 1.83. The summed E-state index contributed by atoms with van der Waals surface area (Å²) in [6.45, 7) is 1.97. The van der Waals surface area contributed by atoms with Crippen LogP contribution in [0.5, 0.6) is 0 Å². The van der Waals surface area contributed by atoms with E-state index in [1.165, 1.54) is 11.3 Å². The van der Waals surface area contributed by atoms with E-state index in [0.29, 0.717) is 4.88 Å². The number of aryl methyl sites for hydroxylation is 2. The van der Waals surface area contributed by atoms with E-state index in [9.17, 15) is 4.79 Å². The molecule has 4 aromatic rings. The van der Waals surface area contributed by atoms with E-state index in [1.54, 1.807) is 0 Å². The van der Waals surface area contributed by atoms with Crippen molar-refractivity contribution in [1.29, 1.82) is 0 Å². The fraction of sp³-hybridized carbons (Fsp3) is 0.143. The number of nitrogens with zero attached hydrogens (tertiary/aromatic N) is 2. The number of benzene rings is 2. The molecule has 5 heteroatoms. The van der Waals surface area contributed by atoms with Gasteiger partial charge in [-0.25, -0.2) is 0 Å². The maximum Gasteiger partial charge on any atom is 0.262 e. The SMILES string of the molecule is Cc1nn(C)c2sc(C(=O)NC(c3ccccc3)c3ccccc3)cc12. The van der Waals surface area contributed by atoms with Crippen molar-refractivity contribution < 1.29 is 4.79 Å². The molecule has 0 radical (unpaired) electrons. The van der Waals surface area contributed by atoms with Gasteiger partial charge in [-0.3, -0.25) is 9.48 Å². The van der Waals surface area contributed by atoms with Crippen LogP contribution in [0.25, 0.3) is 10.2 Å². The Bertz CT molecular complexity index is 977. The lowest BCUT2D eigenvalue weighted by atomic mass is 9.98. The Morgan fingerprint density at radius 2 is 1.62 bits per heavy atom. The Hall–Kier alpha value is -2.92. The first-order chi connectivity index (χ1) is 12.6. The fourth-order valence-corrected chi connectivity index (χ4v) is 4.20. The highest BCUT2D eigenvalue weighted by molar-refractivity contribution is 7.20. The van der Waals surface area contributed by atoms with Crippen LogP contribution in [-0.2, 0) is 7.05 Å². The lowest BCUT2D eigenvalue weighted by Gasteiger charge is -2.19. The highest BCUT2D eigenvalue weighted by atomic mass is 32.1. The Labute approximate surface area is 156 Å². The third kappa shape index (κ3) is 3.02. The van der Waals surface area contributed by atoms with E-state index in [-0.39, 0.29) is 11.9 Å². The van der Waals surface area contributed by atoms with Crippen LogP contribution >= 0.6 is 11.3 Å². The van der Waals surface area contributed by atoms with E-state index < -0.39 is 0 Å². The van der Waals surface area contributed by atoms with Crippen molar-refractivity contribution >= 4 is 27.5 Å². The van der Waals surface area contributed by atoms with Crippen molar-refractivity contribution in [2.75, 3.05) is 0 Å². The summed E-state index contributed by atoms with van der Waals surface area (Å²) in [4.78, 5) is 14.7. The van der Waals surface area contributed by atoms with Crippen molar-refractivity contribution in [2.45, 2.75) is 13.0 Å². The quantitative estimate of drug-likeness (QED) is 0.583. The topological polar surface area (TPSA) is 46.9 Å². The molecule has 0 aliphatic rings. The largest absolute Gasteiger partial charge is 0.340 e. The predicted octanol–water partition coefficient (Wildman–Crippen LogP) is 4.46. The molecule has 0 saturated heterocycles. The Morgan fingerprint density at radius 1 is 1.04 bits per heavy atom. The average molecular weight is 361 g/mol. The smallest absolute Gasteiger partial charge is 0.262 e. The number of carbonyl (C=O) groups excluding carboxylic acids is 1. The molecule has 2 heterocycles. The van der Waals surface area contributed by atoms with E-state index in [1.807, 2.05) is 85.4 Å². The summed E-state index contributed by atoms with van der Waals surface area (Å²) in [5, 5.41) is 8.64. The van der Waals surface area contributed by atoms with E-state index in [2.05, 4.69) is 10.4 Å². The number of hydrogen-bond donors (Lipinski definition) is 1. The number of fused-ring (bicyclic) bond motifs is 1. The van der Waals surface area contributed by atoms with Gasteiger partial charge in [0.1, 0.15) is 4.83 Å². The van der Waals surface area contributed by atoms with Crippen LogP contribution in [0.3, 0.4) is 0 Å². The molecule has 2 aromatic carbocycles. The summed E-state index contributed by atoms with van der Waals surface area (Å²) in [7, 11) is 1.91. The van der Waals surface area contributed by atoms with Crippen molar-refractivity contribution in [3.05, 3.63) is 88.4 Å². The Balaban J connectivity index is 1.68. The monoisotopic (exact) mass is 361 g/mol. The van der Waals surface area contributed by atoms with Gasteiger partial charge in [0.05, 0.1) is 16.6 Å². The molecule has 26 heavy (non-hydrogen) atoms. The molecule has 0 aliphatic heterocycles. The number of nitrogens with one attached hydrogen (secondary N) is 1. The van der Waals surface area contributed by atoms with E-state index >= 15 is 0 Å². The maximum absolute atomic E-state index is 13.0. The average Bonchev–Trinajstić information content (AvgIpc) is 3.23. The summed E-state index contributed by atoms with van der Waals surface area (Å²) >= 11 is 1.47. The molecular formula is C21H19N3OS. The minimum Gasteiger partial charge on any atom is -0.340 e. The van der Waals surface area contributed by atoms with Gasteiger partial charge in [-0.2, -0.15) is 5.10 Å². The zero-order valence-corrected chi connectivity index (χ0v) is 15.5. The first kappa shape index (κ1) is 16.5. The van der Waals surface area contributed by atoms with Crippen LogP contribution < -0.4 is 5.32 Å². The van der Waals surface area contributed by atoms with Crippen LogP contribution in [0.4, 0.5) is 0 Å². The molecular weight excluding hydrogens is 342 g/mol. The molecule has 4 rings (SSSR count). The molecule has 0 spiro atoms. The predicted molar refractivity (Wildman–Crippen MR) is 106 cm³/mol. The fourth-order valence-electron chi connectivity index (χ4n) is 3.17. The lowest BCUT2D eigenvalue weighted by molar-refractivity contribution is 0.0947. The second kappa shape index (κ2) is 6.77. The molecule has 4 nitrogen and oxygen atoms in total. The number of aromatic nitrogens is 2. The summed E-state index contributed by atoms with van der Waals surface area (Å²) in [6.07, 6.45) is 0. The molecule has 0 fully saturated rings. The highest BCUT2D eigenvalue weighted by Gasteiger charge is 2.20. The van der Waals surface area contributed by atoms with Crippen molar-refractivity contribution in [2.24, 2.45) is 7.05 Å². The van der Waals surface area contributed by atoms with Gasteiger partial charge < -0.3 is 5.32 Å². The normalized spacial score (nSPS) is 11.2. The number of amides is 1. The molecule has 2 aromatic heterocycles. The van der Waals surface area contributed by atoms with Gasteiger partial charge in [0.25, 0.3) is 5.91 Å². The second-order valence-corrected chi connectivity index (χ2v) is 7.30. The molecule has 0 saturated carbocycles. The summed E-state index contributed by atoms with van der Waals surface area (Å²) in [6, 6.07) is 21.8. The van der Waals surface area contributed by atoms with Crippen molar-refractivity contribution in [3.63, 3.8) is 0 Å².